The lowest BCUT2D eigenvalue weighted by molar-refractivity contribution is -0.156. The number of rotatable bonds is 11. The van der Waals surface area contributed by atoms with E-state index < -0.39 is 42.0 Å². The van der Waals surface area contributed by atoms with E-state index in [2.05, 4.69) is 20.7 Å². The van der Waals surface area contributed by atoms with Crippen LogP contribution in [0.15, 0.2) is 30.3 Å². The first kappa shape index (κ1) is 28.5. The number of ketones is 1. The molecular formula is C25H34N6O7. The Morgan fingerprint density at radius 2 is 1.87 bits per heavy atom. The molecule has 1 aliphatic rings. The van der Waals surface area contributed by atoms with Crippen LogP contribution in [0, 0.1) is 0 Å². The van der Waals surface area contributed by atoms with Gasteiger partial charge in [0.05, 0.1) is 13.0 Å². The molecule has 0 saturated carbocycles. The number of carbonyl (C=O) groups is 4. The van der Waals surface area contributed by atoms with Gasteiger partial charge in [0.25, 0.3) is 5.95 Å². The lowest BCUT2D eigenvalue weighted by Crippen LogP contribution is -2.45. The molecule has 1 amide bonds. The summed E-state index contributed by atoms with van der Waals surface area (Å²) in [7, 11) is 0. The van der Waals surface area contributed by atoms with Crippen LogP contribution in [0.5, 0.6) is 0 Å². The number of carbonyl (C=O) groups excluding carboxylic acids is 4. The van der Waals surface area contributed by atoms with E-state index in [1.54, 1.807) is 44.7 Å². The second kappa shape index (κ2) is 13.0. The van der Waals surface area contributed by atoms with Crippen LogP contribution in [0.1, 0.15) is 52.5 Å². The van der Waals surface area contributed by atoms with Gasteiger partial charge >= 0.3 is 18.0 Å². The van der Waals surface area contributed by atoms with E-state index in [0.29, 0.717) is 13.0 Å². The van der Waals surface area contributed by atoms with Crippen LogP contribution in [-0.4, -0.2) is 74.9 Å². The number of hydrogen-bond donors (Lipinski definition) is 1. The second-order valence-corrected chi connectivity index (χ2v) is 9.74. The van der Waals surface area contributed by atoms with Crippen LogP contribution in [0.3, 0.4) is 0 Å². The number of esters is 2. The molecule has 0 bridgehead atoms. The number of hydrogen-bond acceptors (Lipinski definition) is 11. The second-order valence-electron chi connectivity index (χ2n) is 9.74. The highest BCUT2D eigenvalue weighted by Crippen LogP contribution is 2.22. The van der Waals surface area contributed by atoms with Crippen LogP contribution in [0.2, 0.25) is 0 Å². The average molecular weight is 531 g/mol. The molecule has 2 heterocycles. The molecule has 1 aromatic carbocycles. The summed E-state index contributed by atoms with van der Waals surface area (Å²) < 4.78 is 15.7. The number of tetrazole rings is 1. The third kappa shape index (κ3) is 8.53. The SMILES string of the molecule is CCOC(=O)[C@H]1CCCN1c1nnn(CC(=O)C(CC(=O)OC(C)(C)C)NC(=O)OCc2ccccc2)n1. The van der Waals surface area contributed by atoms with E-state index in [1.807, 2.05) is 18.2 Å². The van der Waals surface area contributed by atoms with Crippen molar-refractivity contribution in [2.24, 2.45) is 0 Å². The fourth-order valence-electron chi connectivity index (χ4n) is 3.86. The highest BCUT2D eigenvalue weighted by atomic mass is 16.6. The lowest BCUT2D eigenvalue weighted by atomic mass is 10.1. The van der Waals surface area contributed by atoms with Crippen molar-refractivity contribution in [1.29, 1.82) is 0 Å². The molecule has 13 nitrogen and oxygen atoms in total. The number of alkyl carbamates (subject to hydrolysis) is 1. The maximum atomic E-state index is 13.1. The zero-order valence-electron chi connectivity index (χ0n) is 22.1. The number of nitrogens with one attached hydrogen (secondary N) is 1. The molecule has 0 spiro atoms. The number of aromatic nitrogens is 4. The van der Waals surface area contributed by atoms with Crippen molar-refractivity contribution in [3.05, 3.63) is 35.9 Å². The lowest BCUT2D eigenvalue weighted by Gasteiger charge is -2.22. The first-order valence-corrected chi connectivity index (χ1v) is 12.5. The highest BCUT2D eigenvalue weighted by Gasteiger charge is 2.35. The van der Waals surface area contributed by atoms with Gasteiger partial charge < -0.3 is 24.4 Å². The Hall–Kier alpha value is -4.03. The number of Topliss-reactive ketones (excluding diaryl/α,β-unsaturated/α-hetero) is 1. The van der Waals surface area contributed by atoms with Crippen molar-refractivity contribution in [3.63, 3.8) is 0 Å². The fraction of sp³-hybridized carbons (Fsp3) is 0.560. The Kier molecular flexibility index (Phi) is 9.74. The molecule has 1 saturated heterocycles. The monoisotopic (exact) mass is 530 g/mol. The third-order valence-corrected chi connectivity index (χ3v) is 5.49. The number of benzene rings is 1. The van der Waals surface area contributed by atoms with E-state index in [1.165, 1.54) is 0 Å². The van der Waals surface area contributed by atoms with Crippen LogP contribution in [-0.2, 0) is 41.7 Å². The van der Waals surface area contributed by atoms with Gasteiger partial charge in [-0.2, -0.15) is 4.80 Å². The molecule has 1 N–H and O–H groups in total. The molecule has 2 atom stereocenters. The summed E-state index contributed by atoms with van der Waals surface area (Å²) in [6.45, 7) is 7.25. The van der Waals surface area contributed by atoms with Crippen LogP contribution in [0.4, 0.5) is 10.7 Å². The Morgan fingerprint density at radius 3 is 2.55 bits per heavy atom. The first-order chi connectivity index (χ1) is 18.1. The van der Waals surface area contributed by atoms with E-state index in [0.717, 1.165) is 16.8 Å². The van der Waals surface area contributed by atoms with Crippen molar-refractivity contribution < 1.29 is 33.4 Å². The van der Waals surface area contributed by atoms with E-state index in [-0.39, 0.29) is 31.7 Å². The number of nitrogens with zero attached hydrogens (tertiary/aromatic N) is 5. The van der Waals surface area contributed by atoms with Gasteiger partial charge in [-0.05, 0) is 51.3 Å². The summed E-state index contributed by atoms with van der Waals surface area (Å²) in [5.41, 5.74) is -0.00784. The molecule has 1 aliphatic heterocycles. The average Bonchev–Trinajstić information content (AvgIpc) is 3.51. The van der Waals surface area contributed by atoms with Crippen molar-refractivity contribution in [2.75, 3.05) is 18.1 Å². The van der Waals surface area contributed by atoms with Crippen LogP contribution < -0.4 is 10.2 Å². The molecule has 1 unspecified atom stereocenters. The first-order valence-electron chi connectivity index (χ1n) is 12.5. The van der Waals surface area contributed by atoms with Gasteiger partial charge in [-0.1, -0.05) is 35.4 Å². The summed E-state index contributed by atoms with van der Waals surface area (Å²) >= 11 is 0. The molecule has 13 heteroatoms. The van der Waals surface area contributed by atoms with Crippen LogP contribution in [0.25, 0.3) is 0 Å². The molecule has 38 heavy (non-hydrogen) atoms. The quantitative estimate of drug-likeness (QED) is 0.334. The smallest absolute Gasteiger partial charge is 0.408 e. The van der Waals surface area contributed by atoms with Gasteiger partial charge in [0, 0.05) is 6.54 Å². The van der Waals surface area contributed by atoms with Gasteiger partial charge in [0.2, 0.25) is 0 Å². The Labute approximate surface area is 220 Å². The Balaban J connectivity index is 1.66. The summed E-state index contributed by atoms with van der Waals surface area (Å²) in [5, 5.41) is 14.6. The van der Waals surface area contributed by atoms with E-state index in [9.17, 15) is 19.2 Å². The summed E-state index contributed by atoms with van der Waals surface area (Å²) in [6.07, 6.45) is 0.0792. The van der Waals surface area contributed by atoms with E-state index >= 15 is 0 Å². The zero-order valence-corrected chi connectivity index (χ0v) is 22.1. The largest absolute Gasteiger partial charge is 0.464 e. The number of amides is 1. The van der Waals surface area contributed by atoms with Crippen LogP contribution >= 0.6 is 0 Å². The maximum absolute atomic E-state index is 13.1. The summed E-state index contributed by atoms with van der Waals surface area (Å²) in [6, 6.07) is 7.26. The highest BCUT2D eigenvalue weighted by molar-refractivity contribution is 5.90. The van der Waals surface area contributed by atoms with Gasteiger partial charge in [-0.25, -0.2) is 9.59 Å². The topological polar surface area (TPSA) is 155 Å². The predicted molar refractivity (Wildman–Crippen MR) is 134 cm³/mol. The molecule has 0 radical (unpaired) electrons. The fourth-order valence-corrected chi connectivity index (χ4v) is 3.86. The standard InChI is InChI=1S/C25H34N6O7/c1-5-36-22(34)19-12-9-13-30(19)23-27-29-31(28-23)15-20(32)18(14-21(33)38-25(2,3)4)26-24(35)37-16-17-10-7-6-8-11-17/h6-8,10-11,18-19H,5,9,12-16H2,1-4H3,(H,26,35)/t18?,19-/m1/s1. The normalized spacial score (nSPS) is 16.0. The minimum atomic E-state index is -1.25. The zero-order chi connectivity index (χ0) is 27.7. The molecule has 1 fully saturated rings. The number of anilines is 1. The van der Waals surface area contributed by atoms with Gasteiger partial charge in [0.15, 0.2) is 5.78 Å². The number of ether oxygens (including phenoxy) is 3. The summed E-state index contributed by atoms with van der Waals surface area (Å²) in [5.74, 6) is -1.40. The van der Waals surface area contributed by atoms with Gasteiger partial charge in [-0.15, -0.1) is 5.10 Å². The minimum absolute atomic E-state index is 0.00845. The van der Waals surface area contributed by atoms with Crippen molar-refractivity contribution >= 4 is 29.8 Å². The molecule has 0 aliphatic carbocycles. The molecule has 1 aromatic heterocycles. The molecular weight excluding hydrogens is 496 g/mol. The Morgan fingerprint density at radius 1 is 1.13 bits per heavy atom. The maximum Gasteiger partial charge on any atom is 0.408 e. The van der Waals surface area contributed by atoms with Crippen molar-refractivity contribution in [1.82, 2.24) is 25.5 Å². The van der Waals surface area contributed by atoms with Gasteiger partial charge in [-0.3, -0.25) is 9.59 Å². The minimum Gasteiger partial charge on any atom is -0.464 e. The van der Waals surface area contributed by atoms with Gasteiger partial charge in [0.1, 0.15) is 30.8 Å². The van der Waals surface area contributed by atoms with Crippen molar-refractivity contribution in [3.8, 4) is 0 Å². The third-order valence-electron chi connectivity index (χ3n) is 5.49. The van der Waals surface area contributed by atoms with Crippen molar-refractivity contribution in [2.45, 2.75) is 77.8 Å². The summed E-state index contributed by atoms with van der Waals surface area (Å²) in [4.78, 5) is 53.0. The predicted octanol–water partition coefficient (Wildman–Crippen LogP) is 1.80. The molecule has 206 valence electrons. The Bertz CT molecular complexity index is 1110. The molecule has 3 rings (SSSR count). The van der Waals surface area contributed by atoms with E-state index in [4.69, 9.17) is 14.2 Å². The molecule has 2 aromatic rings.